The largest absolute Gasteiger partial charge is 0.479 e. The van der Waals surface area contributed by atoms with E-state index in [0.717, 1.165) is 23.2 Å². The van der Waals surface area contributed by atoms with Crippen LogP contribution in [0, 0.1) is 0 Å². The lowest BCUT2D eigenvalue weighted by Gasteiger charge is -2.34. The lowest BCUT2D eigenvalue weighted by molar-refractivity contribution is -0.143. The van der Waals surface area contributed by atoms with Crippen LogP contribution in [0.3, 0.4) is 0 Å². The highest BCUT2D eigenvalue weighted by Gasteiger charge is 2.36. The van der Waals surface area contributed by atoms with Crippen LogP contribution in [-0.4, -0.2) is 43.1 Å². The van der Waals surface area contributed by atoms with Gasteiger partial charge in [-0.2, -0.15) is 0 Å². The fourth-order valence-electron chi connectivity index (χ4n) is 2.82. The number of thiophene rings is 1. The van der Waals surface area contributed by atoms with Crippen molar-refractivity contribution in [2.45, 2.75) is 17.4 Å². The van der Waals surface area contributed by atoms with Crippen LogP contribution in [-0.2, 0) is 21.1 Å². The van der Waals surface area contributed by atoms with Gasteiger partial charge in [0, 0.05) is 18.2 Å². The van der Waals surface area contributed by atoms with Gasteiger partial charge in [-0.1, -0.05) is 24.3 Å². The molecule has 1 amide bonds. The first-order valence-electron chi connectivity index (χ1n) is 7.19. The Kier molecular flexibility index (Phi) is 4.18. The summed E-state index contributed by atoms with van der Waals surface area (Å²) < 4.78 is 23.1. The van der Waals surface area contributed by atoms with E-state index in [1.54, 1.807) is 12.1 Å². The highest BCUT2D eigenvalue weighted by Crippen LogP contribution is 2.32. The van der Waals surface area contributed by atoms with E-state index in [1.165, 1.54) is 16.3 Å². The summed E-state index contributed by atoms with van der Waals surface area (Å²) in [5.41, 5.74) is 1.52. The monoisotopic (exact) mass is 365 g/mol. The molecule has 3 rings (SSSR count). The predicted molar refractivity (Wildman–Crippen MR) is 89.0 cm³/mol. The van der Waals surface area contributed by atoms with Crippen molar-refractivity contribution in [3.8, 4) is 0 Å². The van der Waals surface area contributed by atoms with Gasteiger partial charge in [-0.15, -0.1) is 11.3 Å². The molecular weight excluding hydrogens is 350 g/mol. The van der Waals surface area contributed by atoms with E-state index in [2.05, 4.69) is 0 Å². The number of rotatable bonds is 3. The zero-order valence-electron chi connectivity index (χ0n) is 12.8. The predicted octanol–water partition coefficient (Wildman–Crippen LogP) is 1.98. The summed E-state index contributed by atoms with van der Waals surface area (Å²) in [6, 6.07) is 7.40. The number of carboxylic acid groups (broad SMARTS) is 1. The van der Waals surface area contributed by atoms with Crippen molar-refractivity contribution in [1.82, 2.24) is 4.90 Å². The average Bonchev–Trinajstić information content (AvgIpc) is 3.03. The van der Waals surface area contributed by atoms with Gasteiger partial charge in [0.05, 0.1) is 9.77 Å². The smallest absolute Gasteiger partial charge is 0.331 e. The number of carbonyl (C=O) groups is 2. The third-order valence-corrected chi connectivity index (χ3v) is 6.15. The second-order valence-corrected chi connectivity index (χ2v) is 8.53. The van der Waals surface area contributed by atoms with Crippen LogP contribution in [0.1, 0.15) is 26.8 Å². The maximum atomic E-state index is 12.7. The van der Waals surface area contributed by atoms with E-state index in [-0.39, 0.29) is 16.3 Å². The SMILES string of the molecule is CS(=O)(=O)c1csc(C(=O)N2CCc3ccccc3C2C(=O)O)c1. The Morgan fingerprint density at radius 1 is 1.29 bits per heavy atom. The molecule has 1 aromatic carbocycles. The molecule has 126 valence electrons. The van der Waals surface area contributed by atoms with Gasteiger partial charge in [0.1, 0.15) is 0 Å². The van der Waals surface area contributed by atoms with Gasteiger partial charge in [0.25, 0.3) is 5.91 Å². The molecule has 1 aromatic heterocycles. The van der Waals surface area contributed by atoms with E-state index >= 15 is 0 Å². The number of carbonyl (C=O) groups excluding carboxylic acids is 1. The Morgan fingerprint density at radius 2 is 2.00 bits per heavy atom. The minimum Gasteiger partial charge on any atom is -0.479 e. The molecule has 1 atom stereocenters. The normalized spacial score (nSPS) is 17.4. The number of nitrogens with zero attached hydrogens (tertiary/aromatic N) is 1. The molecule has 0 saturated heterocycles. The molecule has 8 heteroatoms. The van der Waals surface area contributed by atoms with Crippen LogP contribution in [0.4, 0.5) is 0 Å². The van der Waals surface area contributed by atoms with Gasteiger partial charge in [-0.05, 0) is 23.6 Å². The molecule has 2 aromatic rings. The maximum absolute atomic E-state index is 12.7. The van der Waals surface area contributed by atoms with Crippen LogP contribution in [0.2, 0.25) is 0 Å². The van der Waals surface area contributed by atoms with Crippen LogP contribution in [0.15, 0.2) is 40.6 Å². The van der Waals surface area contributed by atoms with E-state index in [1.807, 2.05) is 12.1 Å². The Morgan fingerprint density at radius 3 is 2.62 bits per heavy atom. The first-order chi connectivity index (χ1) is 11.3. The number of carboxylic acids is 1. The van der Waals surface area contributed by atoms with Gasteiger partial charge in [0.15, 0.2) is 15.9 Å². The highest BCUT2D eigenvalue weighted by atomic mass is 32.2. The summed E-state index contributed by atoms with van der Waals surface area (Å²) >= 11 is 1.01. The number of hydrogen-bond acceptors (Lipinski definition) is 5. The van der Waals surface area contributed by atoms with Crippen molar-refractivity contribution >= 4 is 33.1 Å². The average molecular weight is 365 g/mol. The molecule has 2 heterocycles. The van der Waals surface area contributed by atoms with Gasteiger partial charge < -0.3 is 10.0 Å². The molecule has 24 heavy (non-hydrogen) atoms. The molecule has 1 aliphatic heterocycles. The highest BCUT2D eigenvalue weighted by molar-refractivity contribution is 7.90. The maximum Gasteiger partial charge on any atom is 0.331 e. The van der Waals surface area contributed by atoms with Crippen molar-refractivity contribution in [3.63, 3.8) is 0 Å². The third kappa shape index (κ3) is 2.94. The summed E-state index contributed by atoms with van der Waals surface area (Å²) in [4.78, 5) is 26.1. The number of amides is 1. The van der Waals surface area contributed by atoms with Crippen molar-refractivity contribution < 1.29 is 23.1 Å². The minimum atomic E-state index is -3.40. The number of benzene rings is 1. The molecule has 0 aliphatic carbocycles. The van der Waals surface area contributed by atoms with Crippen LogP contribution in [0.5, 0.6) is 0 Å². The van der Waals surface area contributed by atoms with Crippen LogP contribution < -0.4 is 0 Å². The zero-order chi connectivity index (χ0) is 17.5. The van der Waals surface area contributed by atoms with Crippen molar-refractivity contribution in [3.05, 3.63) is 51.7 Å². The minimum absolute atomic E-state index is 0.0696. The molecule has 0 radical (unpaired) electrons. The second-order valence-electron chi connectivity index (χ2n) is 5.61. The van der Waals surface area contributed by atoms with Gasteiger partial charge in [-0.3, -0.25) is 4.79 Å². The topological polar surface area (TPSA) is 91.8 Å². The fraction of sp³-hybridized carbons (Fsp3) is 0.250. The Balaban J connectivity index is 1.98. The number of sulfone groups is 1. The zero-order valence-corrected chi connectivity index (χ0v) is 14.4. The lowest BCUT2D eigenvalue weighted by Crippen LogP contribution is -2.43. The summed E-state index contributed by atoms with van der Waals surface area (Å²) in [6.45, 7) is 0.277. The van der Waals surface area contributed by atoms with Crippen LogP contribution >= 0.6 is 11.3 Å². The summed E-state index contributed by atoms with van der Waals surface area (Å²) in [7, 11) is -3.40. The summed E-state index contributed by atoms with van der Waals surface area (Å²) in [5, 5.41) is 11.0. The molecular formula is C16H15NO5S2. The van der Waals surface area contributed by atoms with Gasteiger partial charge in [-0.25, -0.2) is 13.2 Å². The van der Waals surface area contributed by atoms with E-state index in [9.17, 15) is 23.1 Å². The van der Waals surface area contributed by atoms with Gasteiger partial charge >= 0.3 is 5.97 Å². The standard InChI is InChI=1S/C16H15NO5S2/c1-24(21,22)11-8-13(23-9-11)15(18)17-7-6-10-4-2-3-5-12(10)14(17)16(19)20/h2-5,8-9,14H,6-7H2,1H3,(H,19,20). The van der Waals surface area contributed by atoms with E-state index in [0.29, 0.717) is 12.0 Å². The number of aliphatic carboxylic acids is 1. The van der Waals surface area contributed by atoms with Crippen molar-refractivity contribution in [2.24, 2.45) is 0 Å². The summed E-state index contributed by atoms with van der Waals surface area (Å²) in [6.07, 6.45) is 1.64. The molecule has 6 nitrogen and oxygen atoms in total. The Labute approximate surface area is 143 Å². The molecule has 0 saturated carbocycles. The lowest BCUT2D eigenvalue weighted by atomic mass is 9.92. The van der Waals surface area contributed by atoms with E-state index in [4.69, 9.17) is 0 Å². The first kappa shape index (κ1) is 16.7. The summed E-state index contributed by atoms with van der Waals surface area (Å²) in [5.74, 6) is -1.56. The molecule has 0 bridgehead atoms. The molecule has 1 aliphatic rings. The Bertz CT molecular complexity index is 916. The number of fused-ring (bicyclic) bond motifs is 1. The molecule has 1 unspecified atom stereocenters. The van der Waals surface area contributed by atoms with Gasteiger partial charge in [0.2, 0.25) is 0 Å². The fourth-order valence-corrected chi connectivity index (χ4v) is 4.79. The van der Waals surface area contributed by atoms with Crippen LogP contribution in [0.25, 0.3) is 0 Å². The Hall–Kier alpha value is -2.19. The second kappa shape index (κ2) is 6.03. The molecule has 0 spiro atoms. The number of hydrogen-bond donors (Lipinski definition) is 1. The molecule has 0 fully saturated rings. The quantitative estimate of drug-likeness (QED) is 0.898. The van der Waals surface area contributed by atoms with Crippen molar-refractivity contribution in [1.29, 1.82) is 0 Å². The van der Waals surface area contributed by atoms with Crippen molar-refractivity contribution in [2.75, 3.05) is 12.8 Å². The van der Waals surface area contributed by atoms with E-state index < -0.39 is 27.8 Å². The third-order valence-electron chi connectivity index (χ3n) is 3.99. The molecule has 1 N–H and O–H groups in total. The first-order valence-corrected chi connectivity index (χ1v) is 9.96.